The van der Waals surface area contributed by atoms with Gasteiger partial charge in [0.05, 0.1) is 11.7 Å². The highest BCUT2D eigenvalue weighted by molar-refractivity contribution is 5.89. The second-order valence-electron chi connectivity index (χ2n) is 3.49. The molecule has 0 bridgehead atoms. The van der Waals surface area contributed by atoms with Crippen molar-refractivity contribution in [3.8, 4) is 0 Å². The maximum Gasteiger partial charge on any atom is 0.338 e. The summed E-state index contributed by atoms with van der Waals surface area (Å²) in [6, 6.07) is 7.40. The van der Waals surface area contributed by atoms with Crippen molar-refractivity contribution >= 4 is 5.97 Å². The molecule has 0 saturated heterocycles. The number of hydrogen-bond donors (Lipinski definition) is 0. The number of aryl methyl sites for hydroxylation is 1. The fourth-order valence-corrected chi connectivity index (χ4v) is 1.02. The van der Waals surface area contributed by atoms with Gasteiger partial charge in [-0.2, -0.15) is 0 Å². The van der Waals surface area contributed by atoms with Crippen LogP contribution in [0.15, 0.2) is 24.3 Å². The molecule has 0 fully saturated rings. The van der Waals surface area contributed by atoms with Crippen LogP contribution in [0.1, 0.15) is 36.2 Å². The van der Waals surface area contributed by atoms with Gasteiger partial charge >= 0.3 is 5.97 Å². The number of ether oxygens (including phenoxy) is 1. The van der Waals surface area contributed by atoms with Crippen molar-refractivity contribution in [3.63, 3.8) is 0 Å². The molecule has 0 aliphatic carbocycles. The molecule has 1 aromatic carbocycles. The lowest BCUT2D eigenvalue weighted by atomic mass is 10.1. The first-order chi connectivity index (χ1) is 6.63. The quantitative estimate of drug-likeness (QED) is 0.688. The van der Waals surface area contributed by atoms with Crippen molar-refractivity contribution in [2.75, 3.05) is 0 Å². The highest BCUT2D eigenvalue weighted by atomic mass is 16.5. The Kier molecular flexibility index (Phi) is 3.69. The van der Waals surface area contributed by atoms with Crippen molar-refractivity contribution in [1.82, 2.24) is 0 Å². The molecule has 0 saturated carbocycles. The maximum atomic E-state index is 11.5. The average molecular weight is 192 g/mol. The van der Waals surface area contributed by atoms with Crippen LogP contribution in [-0.4, -0.2) is 12.1 Å². The minimum absolute atomic E-state index is 0.0104. The smallest absolute Gasteiger partial charge is 0.338 e. The van der Waals surface area contributed by atoms with E-state index in [4.69, 9.17) is 4.74 Å². The first kappa shape index (κ1) is 10.8. The zero-order valence-corrected chi connectivity index (χ0v) is 8.91. The summed E-state index contributed by atoms with van der Waals surface area (Å²) in [6.07, 6.45) is 0.834. The zero-order valence-electron chi connectivity index (χ0n) is 8.91. The lowest BCUT2D eigenvalue weighted by Gasteiger charge is -2.10. The van der Waals surface area contributed by atoms with Crippen LogP contribution in [0.3, 0.4) is 0 Å². The Balaban J connectivity index is 2.65. The topological polar surface area (TPSA) is 26.3 Å². The van der Waals surface area contributed by atoms with E-state index in [0.717, 1.165) is 12.0 Å². The Morgan fingerprint density at radius 3 is 2.43 bits per heavy atom. The normalized spacial score (nSPS) is 12.2. The molecule has 0 amide bonds. The number of esters is 1. The Hall–Kier alpha value is -1.31. The fraction of sp³-hybridized carbons (Fsp3) is 0.417. The van der Waals surface area contributed by atoms with Gasteiger partial charge in [0.2, 0.25) is 0 Å². The van der Waals surface area contributed by atoms with E-state index in [1.165, 1.54) is 0 Å². The number of rotatable bonds is 3. The number of carbonyl (C=O) groups excluding carboxylic acids is 1. The van der Waals surface area contributed by atoms with Crippen LogP contribution >= 0.6 is 0 Å². The minimum Gasteiger partial charge on any atom is -0.459 e. The third-order valence-corrected chi connectivity index (χ3v) is 2.17. The van der Waals surface area contributed by atoms with Gasteiger partial charge in [0.25, 0.3) is 0 Å². The van der Waals surface area contributed by atoms with E-state index in [9.17, 15) is 4.79 Å². The Morgan fingerprint density at radius 2 is 1.93 bits per heavy atom. The van der Waals surface area contributed by atoms with Crippen molar-refractivity contribution in [1.29, 1.82) is 0 Å². The molecule has 0 aliphatic heterocycles. The minimum atomic E-state index is -0.237. The van der Waals surface area contributed by atoms with Crippen LogP contribution in [0.25, 0.3) is 0 Å². The summed E-state index contributed by atoms with van der Waals surface area (Å²) < 4.78 is 5.19. The van der Waals surface area contributed by atoms with E-state index < -0.39 is 0 Å². The number of hydrogen-bond acceptors (Lipinski definition) is 2. The van der Waals surface area contributed by atoms with Gasteiger partial charge in [0, 0.05) is 0 Å². The van der Waals surface area contributed by atoms with Gasteiger partial charge in [0.15, 0.2) is 0 Å². The summed E-state index contributed by atoms with van der Waals surface area (Å²) in [4.78, 5) is 11.5. The standard InChI is InChI=1S/C12H16O2/c1-4-10(3)14-12(13)11-7-5-9(2)6-8-11/h5-8,10H,4H2,1-3H3. The fourth-order valence-electron chi connectivity index (χ4n) is 1.02. The number of benzene rings is 1. The molecular weight excluding hydrogens is 176 g/mol. The average Bonchev–Trinajstić information content (AvgIpc) is 2.18. The molecule has 2 heteroatoms. The molecule has 1 atom stereocenters. The molecule has 0 spiro atoms. The van der Waals surface area contributed by atoms with E-state index in [1.54, 1.807) is 12.1 Å². The Bertz CT molecular complexity index is 301. The third kappa shape index (κ3) is 2.87. The van der Waals surface area contributed by atoms with Crippen LogP contribution < -0.4 is 0 Å². The molecule has 0 aliphatic rings. The van der Waals surface area contributed by atoms with E-state index in [0.29, 0.717) is 5.56 Å². The van der Waals surface area contributed by atoms with Gasteiger partial charge in [-0.05, 0) is 32.4 Å². The molecule has 2 nitrogen and oxygen atoms in total. The first-order valence-corrected chi connectivity index (χ1v) is 4.91. The van der Waals surface area contributed by atoms with Gasteiger partial charge < -0.3 is 4.74 Å². The van der Waals surface area contributed by atoms with E-state index in [1.807, 2.05) is 32.9 Å². The number of carbonyl (C=O) groups is 1. The van der Waals surface area contributed by atoms with Gasteiger partial charge in [-0.3, -0.25) is 0 Å². The summed E-state index contributed by atoms with van der Waals surface area (Å²) in [7, 11) is 0. The third-order valence-electron chi connectivity index (χ3n) is 2.17. The van der Waals surface area contributed by atoms with Crippen molar-refractivity contribution in [2.24, 2.45) is 0 Å². The van der Waals surface area contributed by atoms with Gasteiger partial charge in [0.1, 0.15) is 0 Å². The maximum absolute atomic E-state index is 11.5. The predicted octanol–water partition coefficient (Wildman–Crippen LogP) is 2.95. The van der Waals surface area contributed by atoms with Gasteiger partial charge in [-0.15, -0.1) is 0 Å². The first-order valence-electron chi connectivity index (χ1n) is 4.91. The molecule has 0 heterocycles. The van der Waals surface area contributed by atoms with Crippen LogP contribution in [0.2, 0.25) is 0 Å². The van der Waals surface area contributed by atoms with Crippen molar-refractivity contribution in [2.45, 2.75) is 33.3 Å². The lowest BCUT2D eigenvalue weighted by molar-refractivity contribution is 0.0334. The molecule has 0 N–H and O–H groups in total. The highest BCUT2D eigenvalue weighted by Crippen LogP contribution is 2.07. The molecule has 76 valence electrons. The summed E-state index contributed by atoms with van der Waals surface area (Å²) in [5, 5.41) is 0. The Labute approximate surface area is 84.9 Å². The summed E-state index contributed by atoms with van der Waals surface area (Å²) in [5.74, 6) is -0.237. The second kappa shape index (κ2) is 4.80. The zero-order chi connectivity index (χ0) is 10.6. The van der Waals surface area contributed by atoms with E-state index >= 15 is 0 Å². The monoisotopic (exact) mass is 192 g/mol. The van der Waals surface area contributed by atoms with Gasteiger partial charge in [-0.25, -0.2) is 4.79 Å². The van der Waals surface area contributed by atoms with Gasteiger partial charge in [-0.1, -0.05) is 24.6 Å². The van der Waals surface area contributed by atoms with Crippen LogP contribution in [0.5, 0.6) is 0 Å². The van der Waals surface area contributed by atoms with Crippen molar-refractivity contribution in [3.05, 3.63) is 35.4 Å². The van der Waals surface area contributed by atoms with Crippen LogP contribution in [0.4, 0.5) is 0 Å². The molecule has 14 heavy (non-hydrogen) atoms. The summed E-state index contributed by atoms with van der Waals surface area (Å²) in [6.45, 7) is 5.88. The second-order valence-corrected chi connectivity index (χ2v) is 3.49. The lowest BCUT2D eigenvalue weighted by Crippen LogP contribution is -2.13. The Morgan fingerprint density at radius 1 is 1.36 bits per heavy atom. The van der Waals surface area contributed by atoms with Crippen LogP contribution in [0, 0.1) is 6.92 Å². The van der Waals surface area contributed by atoms with E-state index in [-0.39, 0.29) is 12.1 Å². The molecule has 1 aromatic rings. The predicted molar refractivity (Wildman–Crippen MR) is 56.3 cm³/mol. The summed E-state index contributed by atoms with van der Waals surface area (Å²) in [5.41, 5.74) is 1.76. The SMILES string of the molecule is CCC(C)OC(=O)c1ccc(C)cc1. The molecular formula is C12H16O2. The summed E-state index contributed by atoms with van der Waals surface area (Å²) >= 11 is 0. The molecule has 1 rings (SSSR count). The van der Waals surface area contributed by atoms with Crippen molar-refractivity contribution < 1.29 is 9.53 Å². The molecule has 1 unspecified atom stereocenters. The van der Waals surface area contributed by atoms with Crippen LogP contribution in [-0.2, 0) is 4.74 Å². The largest absolute Gasteiger partial charge is 0.459 e. The molecule has 0 radical (unpaired) electrons. The highest BCUT2D eigenvalue weighted by Gasteiger charge is 2.09. The van der Waals surface area contributed by atoms with E-state index in [2.05, 4.69) is 0 Å². The molecule has 0 aromatic heterocycles.